The zero-order chi connectivity index (χ0) is 14.8. The Bertz CT molecular complexity index is 658. The molecular weight excluding hydrogens is 266 g/mol. The van der Waals surface area contributed by atoms with E-state index in [-0.39, 0.29) is 36.0 Å². The van der Waals surface area contributed by atoms with Gasteiger partial charge in [0.05, 0.1) is 5.92 Å². The van der Waals surface area contributed by atoms with Crippen LogP contribution in [0.1, 0.15) is 24.8 Å². The highest BCUT2D eigenvalue weighted by Crippen LogP contribution is 2.34. The second kappa shape index (κ2) is 5.44. The average molecular weight is 281 g/mol. The van der Waals surface area contributed by atoms with Crippen LogP contribution in [0, 0.1) is 5.92 Å². The van der Waals surface area contributed by atoms with Crippen molar-refractivity contribution in [3.63, 3.8) is 0 Å². The molecule has 1 fully saturated rings. The van der Waals surface area contributed by atoms with Gasteiger partial charge in [-0.1, -0.05) is 37.3 Å². The first-order chi connectivity index (χ1) is 10.2. The highest BCUT2D eigenvalue weighted by molar-refractivity contribution is 6.20. The third kappa shape index (κ3) is 2.42. The van der Waals surface area contributed by atoms with Gasteiger partial charge < -0.3 is 0 Å². The van der Waals surface area contributed by atoms with Crippen molar-refractivity contribution in [3.8, 4) is 0 Å². The molecule has 106 valence electrons. The van der Waals surface area contributed by atoms with Gasteiger partial charge in [-0.3, -0.25) is 9.59 Å². The molecule has 5 nitrogen and oxygen atoms in total. The van der Waals surface area contributed by atoms with Gasteiger partial charge in [0.1, 0.15) is 0 Å². The zero-order valence-electron chi connectivity index (χ0n) is 11.6. The summed E-state index contributed by atoms with van der Waals surface area (Å²) in [6.45, 7) is 1.97. The number of carbonyl (C=O) groups is 2. The third-order valence-corrected chi connectivity index (χ3v) is 3.86. The highest BCUT2D eigenvalue weighted by atomic mass is 16.2. The smallest absolute Gasteiger partial charge is 0.240 e. The number of nitrogens with zero attached hydrogens (tertiary/aromatic N) is 3. The number of carbonyl (C=O) groups excluding carboxylic acids is 2. The number of hydrogen-bond donors (Lipinski definition) is 0. The molecule has 0 radical (unpaired) electrons. The molecular formula is C16H15N3O2. The third-order valence-electron chi connectivity index (χ3n) is 3.86. The Morgan fingerprint density at radius 1 is 1.10 bits per heavy atom. The van der Waals surface area contributed by atoms with Gasteiger partial charge in [0, 0.05) is 18.8 Å². The van der Waals surface area contributed by atoms with E-state index in [0.717, 1.165) is 10.5 Å². The number of benzene rings is 1. The van der Waals surface area contributed by atoms with Crippen LogP contribution >= 0.6 is 0 Å². The van der Waals surface area contributed by atoms with Crippen molar-refractivity contribution in [2.45, 2.75) is 19.3 Å². The van der Waals surface area contributed by atoms with Gasteiger partial charge in [-0.25, -0.2) is 14.9 Å². The molecule has 2 heterocycles. The topological polar surface area (TPSA) is 63.2 Å². The molecule has 3 rings (SSSR count). The molecule has 1 aromatic carbocycles. The van der Waals surface area contributed by atoms with Crippen molar-refractivity contribution in [2.24, 2.45) is 5.92 Å². The largest absolute Gasteiger partial charge is 0.274 e. The Kier molecular flexibility index (Phi) is 3.48. The van der Waals surface area contributed by atoms with Crippen LogP contribution in [-0.2, 0) is 9.59 Å². The van der Waals surface area contributed by atoms with Gasteiger partial charge >= 0.3 is 0 Å². The van der Waals surface area contributed by atoms with Crippen LogP contribution in [0.4, 0.5) is 5.95 Å². The molecule has 0 aliphatic carbocycles. The average Bonchev–Trinajstić information content (AvgIpc) is 2.83. The molecule has 1 saturated heterocycles. The first-order valence-corrected chi connectivity index (χ1v) is 6.87. The fourth-order valence-electron chi connectivity index (χ4n) is 2.65. The van der Waals surface area contributed by atoms with E-state index in [4.69, 9.17) is 0 Å². The molecule has 1 aliphatic heterocycles. The molecule has 21 heavy (non-hydrogen) atoms. The molecule has 2 amide bonds. The van der Waals surface area contributed by atoms with E-state index in [2.05, 4.69) is 9.97 Å². The van der Waals surface area contributed by atoms with Crippen molar-refractivity contribution >= 4 is 17.8 Å². The van der Waals surface area contributed by atoms with Gasteiger partial charge in [-0.05, 0) is 17.5 Å². The van der Waals surface area contributed by atoms with Gasteiger partial charge in [0.25, 0.3) is 0 Å². The van der Waals surface area contributed by atoms with Crippen molar-refractivity contribution in [2.75, 3.05) is 4.90 Å². The molecule has 1 aliphatic rings. The minimum absolute atomic E-state index is 0.0173. The number of amides is 2. The summed E-state index contributed by atoms with van der Waals surface area (Å²) in [6, 6.07) is 11.4. The summed E-state index contributed by atoms with van der Waals surface area (Å²) in [5.41, 5.74) is 1.06. The van der Waals surface area contributed by atoms with Crippen LogP contribution in [-0.4, -0.2) is 21.8 Å². The molecule has 0 bridgehead atoms. The molecule has 5 heteroatoms. The maximum absolute atomic E-state index is 12.6. The monoisotopic (exact) mass is 281 g/mol. The van der Waals surface area contributed by atoms with Crippen LogP contribution in [0.2, 0.25) is 0 Å². The standard InChI is InChI=1S/C16H15N3O2/c1-11(12-6-3-2-4-7-12)13-10-14(20)19(15(13)21)16-17-8-5-9-18-16/h2-9,11,13H,10H2,1H3. The second-order valence-corrected chi connectivity index (χ2v) is 5.13. The van der Waals surface area contributed by atoms with E-state index in [9.17, 15) is 9.59 Å². The molecule has 1 aromatic heterocycles. The van der Waals surface area contributed by atoms with E-state index < -0.39 is 0 Å². The molecule has 0 N–H and O–H groups in total. The summed E-state index contributed by atoms with van der Waals surface area (Å²) < 4.78 is 0. The van der Waals surface area contributed by atoms with Gasteiger partial charge in [-0.15, -0.1) is 0 Å². The van der Waals surface area contributed by atoms with Crippen LogP contribution in [0.5, 0.6) is 0 Å². The normalized spacial score (nSPS) is 19.9. The summed E-state index contributed by atoms with van der Waals surface area (Å²) in [7, 11) is 0. The minimum Gasteiger partial charge on any atom is -0.274 e. The Hall–Kier alpha value is -2.56. The Morgan fingerprint density at radius 2 is 1.76 bits per heavy atom. The fourth-order valence-corrected chi connectivity index (χ4v) is 2.65. The number of hydrogen-bond acceptors (Lipinski definition) is 4. The van der Waals surface area contributed by atoms with E-state index >= 15 is 0 Å². The van der Waals surface area contributed by atoms with E-state index in [1.807, 2.05) is 37.3 Å². The van der Waals surface area contributed by atoms with Crippen LogP contribution in [0.15, 0.2) is 48.8 Å². The van der Waals surface area contributed by atoms with Gasteiger partial charge in [0.15, 0.2) is 0 Å². The maximum atomic E-state index is 12.6. The fraction of sp³-hybridized carbons (Fsp3) is 0.250. The highest BCUT2D eigenvalue weighted by Gasteiger charge is 2.43. The summed E-state index contributed by atoms with van der Waals surface area (Å²) in [5, 5.41) is 0. The lowest BCUT2D eigenvalue weighted by Crippen LogP contribution is -2.32. The Morgan fingerprint density at radius 3 is 2.43 bits per heavy atom. The van der Waals surface area contributed by atoms with Crippen molar-refractivity contribution in [1.82, 2.24) is 9.97 Å². The molecule has 0 saturated carbocycles. The second-order valence-electron chi connectivity index (χ2n) is 5.13. The number of imide groups is 1. The van der Waals surface area contributed by atoms with Crippen molar-refractivity contribution < 1.29 is 9.59 Å². The lowest BCUT2D eigenvalue weighted by atomic mass is 9.86. The van der Waals surface area contributed by atoms with Gasteiger partial charge in [0.2, 0.25) is 17.8 Å². The van der Waals surface area contributed by atoms with Crippen molar-refractivity contribution in [1.29, 1.82) is 0 Å². The van der Waals surface area contributed by atoms with E-state index in [1.54, 1.807) is 6.07 Å². The first kappa shape index (κ1) is 13.4. The summed E-state index contributed by atoms with van der Waals surface area (Å²) in [4.78, 5) is 33.8. The van der Waals surface area contributed by atoms with Crippen molar-refractivity contribution in [3.05, 3.63) is 54.4 Å². The first-order valence-electron chi connectivity index (χ1n) is 6.87. The Labute approximate surface area is 122 Å². The van der Waals surface area contributed by atoms with E-state index in [0.29, 0.717) is 0 Å². The summed E-state index contributed by atoms with van der Waals surface area (Å²) >= 11 is 0. The van der Waals surface area contributed by atoms with Crippen LogP contribution in [0.25, 0.3) is 0 Å². The molecule has 0 spiro atoms. The van der Waals surface area contributed by atoms with E-state index in [1.165, 1.54) is 12.4 Å². The SMILES string of the molecule is CC(c1ccccc1)C1CC(=O)N(c2ncccn2)C1=O. The Balaban J connectivity index is 1.87. The predicted molar refractivity (Wildman–Crippen MR) is 77.5 cm³/mol. The van der Waals surface area contributed by atoms with Crippen LogP contribution < -0.4 is 4.90 Å². The minimum atomic E-state index is -0.358. The molecule has 2 unspecified atom stereocenters. The quantitative estimate of drug-likeness (QED) is 0.809. The maximum Gasteiger partial charge on any atom is 0.240 e. The van der Waals surface area contributed by atoms with Gasteiger partial charge in [-0.2, -0.15) is 0 Å². The predicted octanol–water partition coefficient (Wildman–Crippen LogP) is 2.16. The molecule has 2 aromatic rings. The lowest BCUT2D eigenvalue weighted by molar-refractivity contribution is -0.122. The number of anilines is 1. The lowest BCUT2D eigenvalue weighted by Gasteiger charge is -2.18. The number of aromatic nitrogens is 2. The summed E-state index contributed by atoms with van der Waals surface area (Å²) in [6.07, 6.45) is 3.25. The molecule has 2 atom stereocenters. The number of rotatable bonds is 3. The zero-order valence-corrected chi connectivity index (χ0v) is 11.6. The summed E-state index contributed by atoms with van der Waals surface area (Å²) in [5.74, 6) is -0.670. The van der Waals surface area contributed by atoms with Crippen LogP contribution in [0.3, 0.4) is 0 Å².